The average molecular weight is 600 g/mol. The number of benzene rings is 3. The first-order chi connectivity index (χ1) is 22.0. The van der Waals surface area contributed by atoms with E-state index in [0.717, 1.165) is 87.5 Å². The summed E-state index contributed by atoms with van der Waals surface area (Å²) in [6, 6.07) is 26.1. The number of anilines is 2. The number of ether oxygens (including phenoxy) is 1. The van der Waals surface area contributed by atoms with Gasteiger partial charge in [0.05, 0.1) is 34.5 Å². The average Bonchev–Trinajstić information content (AvgIpc) is 3.60. The molecule has 0 aliphatic carbocycles. The summed E-state index contributed by atoms with van der Waals surface area (Å²) in [5.41, 5.74) is 8.36. The minimum atomic E-state index is -0.898. The Morgan fingerprint density at radius 1 is 1.00 bits per heavy atom. The van der Waals surface area contributed by atoms with E-state index in [-0.39, 0.29) is 6.23 Å². The van der Waals surface area contributed by atoms with Gasteiger partial charge in [-0.25, -0.2) is 9.67 Å². The molecule has 1 fully saturated rings. The van der Waals surface area contributed by atoms with Crippen molar-refractivity contribution in [2.45, 2.75) is 45.2 Å². The zero-order valence-electron chi connectivity index (χ0n) is 25.5. The quantitative estimate of drug-likeness (QED) is 0.154. The fraction of sp³-hybridized carbons (Fsp3) is 0.250. The first-order valence-electron chi connectivity index (χ1n) is 15.5. The summed E-state index contributed by atoms with van der Waals surface area (Å²) >= 11 is 0. The molecule has 4 heterocycles. The Labute approximate surface area is 262 Å². The summed E-state index contributed by atoms with van der Waals surface area (Å²) in [4.78, 5) is 9.20. The van der Waals surface area contributed by atoms with Crippen LogP contribution in [0.15, 0.2) is 85.1 Å². The topological polar surface area (TPSA) is 102 Å². The van der Waals surface area contributed by atoms with Gasteiger partial charge in [0.25, 0.3) is 0 Å². The van der Waals surface area contributed by atoms with Crippen molar-refractivity contribution in [1.29, 1.82) is 0 Å². The SMILES string of the molecule is Cc1ccnc(/C=C/c2nn(C3CCCCO3)c3cc(Nc4ccccc4C(O)NCc4nc5ccccc5n4C)ccc23)c1. The molecule has 3 aromatic heterocycles. The van der Waals surface area contributed by atoms with Gasteiger partial charge in [0.15, 0.2) is 6.23 Å². The van der Waals surface area contributed by atoms with E-state index in [9.17, 15) is 5.11 Å². The minimum absolute atomic E-state index is 0.114. The van der Waals surface area contributed by atoms with Crippen LogP contribution in [0.25, 0.3) is 34.1 Å². The van der Waals surface area contributed by atoms with Crippen LogP contribution in [0.2, 0.25) is 0 Å². The number of nitrogens with one attached hydrogen (secondary N) is 2. The Bertz CT molecular complexity index is 1990. The summed E-state index contributed by atoms with van der Waals surface area (Å²) in [7, 11) is 1.99. The normalized spacial score (nSPS) is 16.1. The summed E-state index contributed by atoms with van der Waals surface area (Å²) in [5, 5.41) is 24.1. The van der Waals surface area contributed by atoms with E-state index in [1.807, 2.05) is 90.7 Å². The van der Waals surface area contributed by atoms with Gasteiger partial charge in [-0.2, -0.15) is 5.10 Å². The lowest BCUT2D eigenvalue weighted by Crippen LogP contribution is -2.23. The van der Waals surface area contributed by atoms with Crippen molar-refractivity contribution in [3.05, 3.63) is 113 Å². The number of aryl methyl sites for hydroxylation is 2. The molecule has 0 radical (unpaired) electrons. The van der Waals surface area contributed by atoms with E-state index in [0.29, 0.717) is 6.54 Å². The maximum atomic E-state index is 11.2. The smallest absolute Gasteiger partial charge is 0.150 e. The number of rotatable bonds is 9. The Morgan fingerprint density at radius 3 is 2.71 bits per heavy atom. The third-order valence-electron chi connectivity index (χ3n) is 8.38. The number of pyridine rings is 1. The first-order valence-corrected chi connectivity index (χ1v) is 15.5. The second-order valence-corrected chi connectivity index (χ2v) is 11.5. The van der Waals surface area contributed by atoms with Gasteiger partial charge in [-0.3, -0.25) is 10.3 Å². The maximum Gasteiger partial charge on any atom is 0.150 e. The van der Waals surface area contributed by atoms with Crippen molar-refractivity contribution >= 4 is 45.5 Å². The van der Waals surface area contributed by atoms with Crippen LogP contribution in [-0.2, 0) is 18.3 Å². The number of imidazole rings is 1. The molecule has 0 saturated carbocycles. The lowest BCUT2D eigenvalue weighted by molar-refractivity contribution is -0.0367. The van der Waals surface area contributed by atoms with Crippen molar-refractivity contribution < 1.29 is 9.84 Å². The van der Waals surface area contributed by atoms with Gasteiger partial charge in [0, 0.05) is 42.2 Å². The molecule has 0 amide bonds. The number of fused-ring (bicyclic) bond motifs is 2. The predicted octanol–water partition coefficient (Wildman–Crippen LogP) is 7.02. The van der Waals surface area contributed by atoms with Crippen LogP contribution in [0.1, 0.15) is 60.1 Å². The fourth-order valence-electron chi connectivity index (χ4n) is 5.97. The number of aliphatic hydroxyl groups is 1. The summed E-state index contributed by atoms with van der Waals surface area (Å²) < 4.78 is 10.2. The molecule has 9 nitrogen and oxygen atoms in total. The van der Waals surface area contributed by atoms with Gasteiger partial charge in [-0.05, 0) is 92.4 Å². The lowest BCUT2D eigenvalue weighted by Gasteiger charge is -2.23. The van der Waals surface area contributed by atoms with Crippen molar-refractivity contribution in [2.75, 3.05) is 11.9 Å². The number of para-hydroxylation sites is 3. The monoisotopic (exact) mass is 599 g/mol. The molecule has 9 heteroatoms. The van der Waals surface area contributed by atoms with E-state index in [2.05, 4.69) is 45.3 Å². The number of aromatic nitrogens is 5. The molecule has 2 atom stereocenters. The molecular weight excluding hydrogens is 562 g/mol. The predicted molar refractivity (Wildman–Crippen MR) is 179 cm³/mol. The molecule has 6 aromatic rings. The molecule has 7 rings (SSSR count). The zero-order chi connectivity index (χ0) is 30.8. The standard InChI is InChI=1S/C36H37N7O2/c1-24-18-19-37-25(21-24)15-17-30-27-16-14-26(22-33(27)43(41-30)35-13-7-8-20-45-35)39-29-10-4-3-9-28(29)36(44)38-23-34-40-31-11-5-6-12-32(31)42(34)2/h3-6,9-12,14-19,21-22,35-36,38-39,44H,7-8,13,20,23H2,1-2H3/b17-15+. The molecule has 3 N–H and O–H groups in total. The molecule has 0 bridgehead atoms. The Hall–Kier alpha value is -4.83. The van der Waals surface area contributed by atoms with Crippen molar-refractivity contribution in [1.82, 2.24) is 29.6 Å². The number of hydrogen-bond acceptors (Lipinski definition) is 7. The highest BCUT2D eigenvalue weighted by Crippen LogP contribution is 2.33. The summed E-state index contributed by atoms with van der Waals surface area (Å²) in [5.74, 6) is 0.854. The van der Waals surface area contributed by atoms with Crippen LogP contribution in [0, 0.1) is 6.92 Å². The largest absolute Gasteiger partial charge is 0.374 e. The van der Waals surface area contributed by atoms with Crippen LogP contribution in [-0.4, -0.2) is 36.0 Å². The van der Waals surface area contributed by atoms with E-state index < -0.39 is 6.23 Å². The second kappa shape index (κ2) is 12.6. The van der Waals surface area contributed by atoms with Crippen LogP contribution in [0.4, 0.5) is 11.4 Å². The first kappa shape index (κ1) is 28.9. The van der Waals surface area contributed by atoms with E-state index >= 15 is 0 Å². The van der Waals surface area contributed by atoms with Gasteiger partial charge >= 0.3 is 0 Å². The molecule has 228 valence electrons. The molecule has 1 aliphatic rings. The number of nitrogens with zero attached hydrogens (tertiary/aromatic N) is 5. The van der Waals surface area contributed by atoms with E-state index in [1.165, 1.54) is 0 Å². The molecule has 1 saturated heterocycles. The van der Waals surface area contributed by atoms with Crippen LogP contribution >= 0.6 is 0 Å². The molecule has 45 heavy (non-hydrogen) atoms. The van der Waals surface area contributed by atoms with Crippen LogP contribution in [0.3, 0.4) is 0 Å². The summed E-state index contributed by atoms with van der Waals surface area (Å²) in [6.07, 6.45) is 7.94. The van der Waals surface area contributed by atoms with Gasteiger partial charge in [0.1, 0.15) is 12.1 Å². The minimum Gasteiger partial charge on any atom is -0.374 e. The lowest BCUT2D eigenvalue weighted by atomic mass is 10.1. The Balaban J connectivity index is 1.16. The highest BCUT2D eigenvalue weighted by atomic mass is 16.5. The van der Waals surface area contributed by atoms with Gasteiger partial charge in [-0.15, -0.1) is 0 Å². The number of aliphatic hydroxyl groups excluding tert-OH is 1. The third kappa shape index (κ3) is 6.10. The second-order valence-electron chi connectivity index (χ2n) is 11.5. The van der Waals surface area contributed by atoms with Gasteiger partial charge in [0.2, 0.25) is 0 Å². The van der Waals surface area contributed by atoms with Crippen LogP contribution in [0.5, 0.6) is 0 Å². The Morgan fingerprint density at radius 2 is 1.87 bits per heavy atom. The fourth-order valence-corrected chi connectivity index (χ4v) is 5.97. The zero-order valence-corrected chi connectivity index (χ0v) is 25.5. The van der Waals surface area contributed by atoms with Gasteiger partial charge < -0.3 is 19.7 Å². The highest BCUT2D eigenvalue weighted by molar-refractivity contribution is 5.92. The molecular formula is C36H37N7O2. The van der Waals surface area contributed by atoms with E-state index in [1.54, 1.807) is 0 Å². The third-order valence-corrected chi connectivity index (χ3v) is 8.38. The highest BCUT2D eigenvalue weighted by Gasteiger charge is 2.21. The number of hydrogen-bond donors (Lipinski definition) is 3. The molecule has 0 spiro atoms. The Kier molecular flexibility index (Phi) is 8.13. The molecule has 2 unspecified atom stereocenters. The van der Waals surface area contributed by atoms with Crippen molar-refractivity contribution in [2.24, 2.45) is 7.05 Å². The van der Waals surface area contributed by atoms with Crippen molar-refractivity contribution in [3.63, 3.8) is 0 Å². The summed E-state index contributed by atoms with van der Waals surface area (Å²) in [6.45, 7) is 3.21. The molecule has 3 aromatic carbocycles. The van der Waals surface area contributed by atoms with Crippen LogP contribution < -0.4 is 10.6 Å². The van der Waals surface area contributed by atoms with Crippen molar-refractivity contribution in [3.8, 4) is 0 Å². The maximum absolute atomic E-state index is 11.2. The van der Waals surface area contributed by atoms with E-state index in [4.69, 9.17) is 14.8 Å². The molecule has 1 aliphatic heterocycles. The van der Waals surface area contributed by atoms with Gasteiger partial charge in [-0.1, -0.05) is 30.3 Å².